The van der Waals surface area contributed by atoms with Crippen LogP contribution in [0.25, 0.3) is 0 Å². The largest absolute Gasteiger partial charge is 0.404 e. The second-order valence-corrected chi connectivity index (χ2v) is 5.21. The fourth-order valence-corrected chi connectivity index (χ4v) is 2.43. The van der Waals surface area contributed by atoms with Crippen molar-refractivity contribution in [1.82, 2.24) is 15.5 Å². The molecule has 0 aromatic rings. The molecule has 2 amide bonds. The molecule has 0 aromatic heterocycles. The average molecular weight is 295 g/mol. The van der Waals surface area contributed by atoms with Gasteiger partial charge in [-0.25, -0.2) is 0 Å². The zero-order valence-corrected chi connectivity index (χ0v) is 11.8. The summed E-state index contributed by atoms with van der Waals surface area (Å²) in [5, 5.41) is 5.00. The van der Waals surface area contributed by atoms with Crippen molar-refractivity contribution >= 4 is 11.8 Å². The molecule has 1 saturated heterocycles. The van der Waals surface area contributed by atoms with E-state index in [-0.39, 0.29) is 25.4 Å². The Balaban J connectivity index is 2.84. The number of hydrogen-bond donors (Lipinski definition) is 2. The maximum absolute atomic E-state index is 13.2. The number of amides is 2. The van der Waals surface area contributed by atoms with E-state index in [1.807, 2.05) is 0 Å². The van der Waals surface area contributed by atoms with E-state index >= 15 is 0 Å². The van der Waals surface area contributed by atoms with Crippen molar-refractivity contribution in [3.8, 4) is 0 Å². The molecule has 0 aromatic carbocycles. The molecule has 0 saturated carbocycles. The van der Waals surface area contributed by atoms with Crippen molar-refractivity contribution < 1.29 is 22.8 Å². The molecule has 116 valence electrons. The monoisotopic (exact) mass is 295 g/mol. The smallest absolute Gasteiger partial charge is 0.359 e. The maximum atomic E-state index is 13.2. The van der Waals surface area contributed by atoms with Gasteiger partial charge < -0.3 is 15.5 Å². The normalized spacial score (nSPS) is 24.3. The summed E-state index contributed by atoms with van der Waals surface area (Å²) in [5.41, 5.74) is -2.37. The summed E-state index contributed by atoms with van der Waals surface area (Å²) in [6.07, 6.45) is -4.87. The molecular formula is C12H20F3N3O2. The molecule has 0 bridgehead atoms. The van der Waals surface area contributed by atoms with Crippen molar-refractivity contribution in [3.63, 3.8) is 0 Å². The summed E-state index contributed by atoms with van der Waals surface area (Å²) in [6, 6.07) is 0. The molecule has 1 heterocycles. The zero-order chi connectivity index (χ0) is 15.6. The molecule has 20 heavy (non-hydrogen) atoms. The number of nitrogens with one attached hydrogen (secondary N) is 2. The molecule has 2 N–H and O–H groups in total. The summed E-state index contributed by atoms with van der Waals surface area (Å²) < 4.78 is 39.7. The second kappa shape index (κ2) is 5.99. The Morgan fingerprint density at radius 2 is 2.05 bits per heavy atom. The van der Waals surface area contributed by atoms with Crippen molar-refractivity contribution in [2.45, 2.75) is 19.5 Å². The topological polar surface area (TPSA) is 61.4 Å². The second-order valence-electron chi connectivity index (χ2n) is 5.21. The van der Waals surface area contributed by atoms with Crippen molar-refractivity contribution in [2.24, 2.45) is 11.3 Å². The third-order valence-electron chi connectivity index (χ3n) is 3.70. The van der Waals surface area contributed by atoms with Crippen LogP contribution in [0.4, 0.5) is 13.2 Å². The molecule has 8 heteroatoms. The first-order chi connectivity index (χ1) is 9.15. The van der Waals surface area contributed by atoms with Crippen LogP contribution in [0, 0.1) is 11.3 Å². The first kappa shape index (κ1) is 16.7. The molecule has 0 radical (unpaired) electrons. The van der Waals surface area contributed by atoms with Gasteiger partial charge in [-0.2, -0.15) is 13.2 Å². The Morgan fingerprint density at radius 1 is 1.45 bits per heavy atom. The van der Waals surface area contributed by atoms with Crippen molar-refractivity contribution in [2.75, 3.05) is 33.7 Å². The van der Waals surface area contributed by atoms with Gasteiger partial charge in [0.1, 0.15) is 0 Å². The highest BCUT2D eigenvalue weighted by Crippen LogP contribution is 2.44. The summed E-state index contributed by atoms with van der Waals surface area (Å²) in [5.74, 6) is -1.85. The highest BCUT2D eigenvalue weighted by Gasteiger charge is 2.62. The van der Waals surface area contributed by atoms with Crippen LogP contribution in [-0.2, 0) is 9.59 Å². The van der Waals surface area contributed by atoms with Crippen LogP contribution in [0.3, 0.4) is 0 Å². The van der Waals surface area contributed by atoms with Gasteiger partial charge in [0.25, 0.3) is 0 Å². The maximum Gasteiger partial charge on any atom is 0.404 e. The summed E-state index contributed by atoms with van der Waals surface area (Å²) in [7, 11) is 2.74. The summed E-state index contributed by atoms with van der Waals surface area (Å²) in [6.45, 7) is 1.27. The van der Waals surface area contributed by atoms with E-state index in [2.05, 4.69) is 10.6 Å². The molecule has 1 fully saturated rings. The van der Waals surface area contributed by atoms with E-state index in [9.17, 15) is 22.8 Å². The SMILES string of the molecule is CNC(=O)C(C)CN(C)C(=O)C1(C(F)(F)F)CCNC1. The lowest BCUT2D eigenvalue weighted by Gasteiger charge is -2.34. The Bertz CT molecular complexity index is 379. The first-order valence-corrected chi connectivity index (χ1v) is 6.40. The quantitative estimate of drug-likeness (QED) is 0.788. The third kappa shape index (κ3) is 3.05. The molecular weight excluding hydrogens is 275 g/mol. The van der Waals surface area contributed by atoms with Gasteiger partial charge in [0, 0.05) is 27.2 Å². The zero-order valence-electron chi connectivity index (χ0n) is 11.8. The van der Waals surface area contributed by atoms with Crippen LogP contribution in [0.5, 0.6) is 0 Å². The van der Waals surface area contributed by atoms with E-state index in [1.165, 1.54) is 14.1 Å². The molecule has 2 atom stereocenters. The standard InChI is InChI=1S/C12H20F3N3O2/c1-8(9(19)16-2)6-18(3)10(20)11(12(13,14)15)4-5-17-7-11/h8,17H,4-7H2,1-3H3,(H,16,19). The summed E-state index contributed by atoms with van der Waals surface area (Å²) >= 11 is 0. The van der Waals surface area contributed by atoms with E-state index in [1.54, 1.807) is 6.92 Å². The highest BCUT2D eigenvalue weighted by molar-refractivity contribution is 5.85. The van der Waals surface area contributed by atoms with Crippen LogP contribution in [0.15, 0.2) is 0 Å². The van der Waals surface area contributed by atoms with Crippen LogP contribution < -0.4 is 10.6 Å². The Labute approximate surface area is 115 Å². The lowest BCUT2D eigenvalue weighted by molar-refractivity contribution is -0.221. The highest BCUT2D eigenvalue weighted by atomic mass is 19.4. The van der Waals surface area contributed by atoms with Gasteiger partial charge in [-0.15, -0.1) is 0 Å². The number of carbonyl (C=O) groups excluding carboxylic acids is 2. The Hall–Kier alpha value is -1.31. The van der Waals surface area contributed by atoms with Gasteiger partial charge in [0.2, 0.25) is 11.8 Å². The fourth-order valence-electron chi connectivity index (χ4n) is 2.43. The van der Waals surface area contributed by atoms with Crippen LogP contribution in [-0.4, -0.2) is 56.6 Å². The number of alkyl halides is 3. The van der Waals surface area contributed by atoms with E-state index in [0.29, 0.717) is 0 Å². The first-order valence-electron chi connectivity index (χ1n) is 6.40. The van der Waals surface area contributed by atoms with Gasteiger partial charge in [-0.3, -0.25) is 9.59 Å². The lowest BCUT2D eigenvalue weighted by Crippen LogP contribution is -2.53. The van der Waals surface area contributed by atoms with Gasteiger partial charge >= 0.3 is 6.18 Å². The third-order valence-corrected chi connectivity index (χ3v) is 3.70. The molecule has 5 nitrogen and oxygen atoms in total. The Kier molecular flexibility index (Phi) is 5.01. The van der Waals surface area contributed by atoms with Gasteiger partial charge in [0.15, 0.2) is 5.41 Å². The van der Waals surface area contributed by atoms with Crippen molar-refractivity contribution in [1.29, 1.82) is 0 Å². The van der Waals surface area contributed by atoms with E-state index in [0.717, 1.165) is 4.90 Å². The Morgan fingerprint density at radius 3 is 2.45 bits per heavy atom. The predicted molar refractivity (Wildman–Crippen MR) is 66.8 cm³/mol. The minimum Gasteiger partial charge on any atom is -0.359 e. The van der Waals surface area contributed by atoms with Crippen molar-refractivity contribution in [3.05, 3.63) is 0 Å². The molecule has 0 spiro atoms. The fraction of sp³-hybridized carbons (Fsp3) is 0.833. The van der Waals surface area contributed by atoms with E-state index < -0.39 is 30.0 Å². The molecule has 2 unspecified atom stereocenters. The molecule has 1 aliphatic rings. The van der Waals surface area contributed by atoms with Gasteiger partial charge in [-0.05, 0) is 13.0 Å². The minimum atomic E-state index is -4.60. The number of rotatable bonds is 4. The van der Waals surface area contributed by atoms with Gasteiger partial charge in [-0.1, -0.05) is 6.92 Å². The van der Waals surface area contributed by atoms with Gasteiger partial charge in [0.05, 0.1) is 5.92 Å². The number of halogens is 3. The number of carbonyl (C=O) groups is 2. The molecule has 1 rings (SSSR count). The predicted octanol–water partition coefficient (Wildman–Crippen LogP) is 0.369. The molecule has 0 aliphatic carbocycles. The minimum absolute atomic E-state index is 0.0453. The number of nitrogens with zero attached hydrogens (tertiary/aromatic N) is 1. The lowest BCUT2D eigenvalue weighted by atomic mass is 9.84. The number of hydrogen-bond acceptors (Lipinski definition) is 3. The summed E-state index contributed by atoms with van der Waals surface area (Å²) in [4.78, 5) is 24.6. The van der Waals surface area contributed by atoms with Crippen LogP contribution in [0.1, 0.15) is 13.3 Å². The van der Waals surface area contributed by atoms with Crippen LogP contribution in [0.2, 0.25) is 0 Å². The molecule has 1 aliphatic heterocycles. The average Bonchev–Trinajstić information content (AvgIpc) is 2.86. The van der Waals surface area contributed by atoms with E-state index in [4.69, 9.17) is 0 Å². The van der Waals surface area contributed by atoms with Crippen LogP contribution >= 0.6 is 0 Å².